The van der Waals surface area contributed by atoms with Gasteiger partial charge in [-0.3, -0.25) is 4.55 Å². The van der Waals surface area contributed by atoms with Crippen molar-refractivity contribution in [2.24, 2.45) is 0 Å². The van der Waals surface area contributed by atoms with Crippen LogP contribution in [0.15, 0.2) is 24.3 Å². The zero-order chi connectivity index (χ0) is 11.8. The van der Waals surface area contributed by atoms with Crippen LogP contribution in [0.25, 0.3) is 10.9 Å². The summed E-state index contributed by atoms with van der Waals surface area (Å²) in [5, 5.41) is 5.35. The van der Waals surface area contributed by atoms with Crippen molar-refractivity contribution in [3.63, 3.8) is 0 Å². The average molecular weight is 250 g/mol. The first-order chi connectivity index (χ1) is 8.27. The van der Waals surface area contributed by atoms with Crippen LogP contribution < -0.4 is 0 Å². The van der Waals surface area contributed by atoms with Gasteiger partial charge in [-0.25, -0.2) is 4.21 Å². The number of fused-ring (bicyclic) bond motifs is 1. The van der Waals surface area contributed by atoms with E-state index < -0.39 is 11.3 Å². The molecule has 1 aliphatic rings. The molecule has 2 aromatic rings. The Hall–Kier alpha value is -1.20. The molecule has 1 atom stereocenters. The van der Waals surface area contributed by atoms with Gasteiger partial charge in [-0.1, -0.05) is 31.0 Å². The summed E-state index contributed by atoms with van der Waals surface area (Å²) >= 11 is -2.08. The Labute approximate surface area is 102 Å². The molecule has 1 aliphatic carbocycles. The van der Waals surface area contributed by atoms with Crippen LogP contribution >= 0.6 is 0 Å². The highest BCUT2D eigenvalue weighted by atomic mass is 32.2. The molecule has 1 saturated carbocycles. The molecule has 90 valence electrons. The lowest BCUT2D eigenvalue weighted by molar-refractivity contribution is 0.547. The molecule has 1 fully saturated rings. The molecule has 1 aromatic carbocycles. The molecule has 0 aliphatic heterocycles. The Kier molecular flexibility index (Phi) is 2.72. The van der Waals surface area contributed by atoms with E-state index in [4.69, 9.17) is 0 Å². The van der Waals surface area contributed by atoms with E-state index in [1.165, 1.54) is 16.9 Å². The molecule has 3 rings (SSSR count). The second-order valence-electron chi connectivity index (χ2n) is 4.49. The van der Waals surface area contributed by atoms with Gasteiger partial charge in [0.05, 0.1) is 11.2 Å². The Morgan fingerprint density at radius 2 is 2.00 bits per heavy atom. The molecular weight excluding hydrogens is 236 g/mol. The van der Waals surface area contributed by atoms with Crippen molar-refractivity contribution in [2.45, 2.75) is 31.6 Å². The zero-order valence-corrected chi connectivity index (χ0v) is 10.2. The Morgan fingerprint density at radius 1 is 1.29 bits per heavy atom. The molecule has 1 N–H and O–H groups in total. The molecule has 4 nitrogen and oxygen atoms in total. The predicted octanol–water partition coefficient (Wildman–Crippen LogP) is 2.68. The Bertz CT molecular complexity index is 573. The number of nitrogens with zero attached hydrogens (tertiary/aromatic N) is 2. The van der Waals surface area contributed by atoms with Crippen molar-refractivity contribution >= 4 is 22.2 Å². The molecule has 0 saturated heterocycles. The molecule has 17 heavy (non-hydrogen) atoms. The van der Waals surface area contributed by atoms with Gasteiger partial charge in [0.1, 0.15) is 0 Å². The summed E-state index contributed by atoms with van der Waals surface area (Å²) in [5.74, 6) is 0.449. The number of aromatic nitrogens is 2. The predicted molar refractivity (Wildman–Crippen MR) is 67.1 cm³/mol. The number of para-hydroxylation sites is 1. The molecule has 1 aromatic heterocycles. The van der Waals surface area contributed by atoms with Crippen molar-refractivity contribution in [1.29, 1.82) is 0 Å². The number of hydrogen-bond donors (Lipinski definition) is 1. The first kappa shape index (κ1) is 10.9. The zero-order valence-electron chi connectivity index (χ0n) is 9.37. The molecule has 5 heteroatoms. The maximum absolute atomic E-state index is 11.3. The SMILES string of the molecule is O=S(O)n1nc(C2CCCC2)c2ccccc21. The Balaban J connectivity index is 2.20. The van der Waals surface area contributed by atoms with Gasteiger partial charge in [-0.15, -0.1) is 0 Å². The quantitative estimate of drug-likeness (QED) is 0.834. The normalized spacial score (nSPS) is 18.9. The van der Waals surface area contributed by atoms with Crippen LogP contribution in [0.2, 0.25) is 0 Å². The second kappa shape index (κ2) is 4.23. The highest BCUT2D eigenvalue weighted by molar-refractivity contribution is 7.77. The van der Waals surface area contributed by atoms with Crippen molar-refractivity contribution in [1.82, 2.24) is 9.19 Å². The van der Waals surface area contributed by atoms with E-state index >= 15 is 0 Å². The van der Waals surface area contributed by atoms with Gasteiger partial charge in [0.2, 0.25) is 0 Å². The van der Waals surface area contributed by atoms with E-state index in [0.717, 1.165) is 29.4 Å². The minimum atomic E-state index is -2.08. The highest BCUT2D eigenvalue weighted by Gasteiger charge is 2.23. The molecule has 0 spiro atoms. The smallest absolute Gasteiger partial charge is 0.283 e. The van der Waals surface area contributed by atoms with E-state index in [1.807, 2.05) is 24.3 Å². The monoisotopic (exact) mass is 250 g/mol. The summed E-state index contributed by atoms with van der Waals surface area (Å²) in [6.07, 6.45) is 4.74. The van der Waals surface area contributed by atoms with Gasteiger partial charge >= 0.3 is 0 Å². The summed E-state index contributed by atoms with van der Waals surface area (Å²) in [7, 11) is 0. The fourth-order valence-electron chi connectivity index (χ4n) is 2.68. The molecular formula is C12H14N2O2S. The van der Waals surface area contributed by atoms with Crippen LogP contribution in [0.5, 0.6) is 0 Å². The largest absolute Gasteiger partial charge is 0.288 e. The van der Waals surface area contributed by atoms with Gasteiger partial charge in [-0.05, 0) is 18.9 Å². The van der Waals surface area contributed by atoms with Crippen LogP contribution in [0, 0.1) is 0 Å². The summed E-state index contributed by atoms with van der Waals surface area (Å²) in [4.78, 5) is 0. The fraction of sp³-hybridized carbons (Fsp3) is 0.417. The number of rotatable bonds is 2. The first-order valence-electron chi connectivity index (χ1n) is 5.86. The first-order valence-corrected chi connectivity index (χ1v) is 6.93. The van der Waals surface area contributed by atoms with Gasteiger partial charge < -0.3 is 0 Å². The lowest BCUT2D eigenvalue weighted by Gasteiger charge is -2.04. The summed E-state index contributed by atoms with van der Waals surface area (Å²) in [6, 6.07) is 7.65. The van der Waals surface area contributed by atoms with Crippen LogP contribution in [-0.4, -0.2) is 17.9 Å². The molecule has 1 unspecified atom stereocenters. The van der Waals surface area contributed by atoms with Gasteiger partial charge in [-0.2, -0.15) is 9.19 Å². The van der Waals surface area contributed by atoms with E-state index in [2.05, 4.69) is 5.10 Å². The van der Waals surface area contributed by atoms with Gasteiger partial charge in [0.25, 0.3) is 11.3 Å². The number of benzene rings is 1. The summed E-state index contributed by atoms with van der Waals surface area (Å²) in [5.41, 5.74) is 1.73. The van der Waals surface area contributed by atoms with Crippen LogP contribution in [0.1, 0.15) is 37.3 Å². The lowest BCUT2D eigenvalue weighted by atomic mass is 10.0. The van der Waals surface area contributed by atoms with Crippen molar-refractivity contribution in [3.05, 3.63) is 30.0 Å². The fourth-order valence-corrected chi connectivity index (χ4v) is 3.17. The standard InChI is InChI=1S/C12H14N2O2S/c15-17(16)14-11-8-4-3-7-10(11)12(13-14)9-5-1-2-6-9/h3-4,7-9H,1-2,5-6H2,(H,15,16). The Morgan fingerprint density at radius 3 is 2.71 bits per heavy atom. The van der Waals surface area contributed by atoms with E-state index in [-0.39, 0.29) is 0 Å². The third-order valence-corrected chi connectivity index (χ3v) is 4.05. The second-order valence-corrected chi connectivity index (χ2v) is 5.29. The lowest BCUT2D eigenvalue weighted by Crippen LogP contribution is -2.05. The van der Waals surface area contributed by atoms with E-state index in [9.17, 15) is 8.76 Å². The number of hydrogen-bond acceptors (Lipinski definition) is 2. The highest BCUT2D eigenvalue weighted by Crippen LogP contribution is 2.36. The maximum atomic E-state index is 11.3. The molecule has 0 radical (unpaired) electrons. The van der Waals surface area contributed by atoms with Gasteiger partial charge in [0.15, 0.2) is 0 Å². The topological polar surface area (TPSA) is 55.1 Å². The maximum Gasteiger partial charge on any atom is 0.283 e. The van der Waals surface area contributed by atoms with E-state index in [1.54, 1.807) is 0 Å². The van der Waals surface area contributed by atoms with Crippen molar-refractivity contribution in [2.75, 3.05) is 0 Å². The van der Waals surface area contributed by atoms with Gasteiger partial charge in [0, 0.05) is 11.3 Å². The van der Waals surface area contributed by atoms with Crippen LogP contribution in [-0.2, 0) is 11.3 Å². The summed E-state index contributed by atoms with van der Waals surface area (Å²) < 4.78 is 21.7. The van der Waals surface area contributed by atoms with Crippen LogP contribution in [0.4, 0.5) is 0 Å². The van der Waals surface area contributed by atoms with E-state index in [0.29, 0.717) is 5.92 Å². The third kappa shape index (κ3) is 1.79. The minimum Gasteiger partial charge on any atom is -0.288 e. The molecule has 0 bridgehead atoms. The molecule has 1 heterocycles. The van der Waals surface area contributed by atoms with Crippen LogP contribution in [0.3, 0.4) is 0 Å². The molecule has 0 amide bonds. The summed E-state index contributed by atoms with van der Waals surface area (Å²) in [6.45, 7) is 0. The average Bonchev–Trinajstić information content (AvgIpc) is 2.95. The van der Waals surface area contributed by atoms with Crippen molar-refractivity contribution < 1.29 is 8.76 Å². The minimum absolute atomic E-state index is 0.449. The van der Waals surface area contributed by atoms with Crippen molar-refractivity contribution in [3.8, 4) is 0 Å². The third-order valence-electron chi connectivity index (χ3n) is 3.47.